The first kappa shape index (κ1) is 15.4. The number of halogens is 1. The standard InChI is InChI=1S/C13H19BClNO4/c1-12(2)13(3,4)20-14(19-12)9-8(15)7-16-11(18-6)10(9)17-5/h7H,1-6H3. The minimum Gasteiger partial charge on any atom is -0.492 e. The van der Waals surface area contributed by atoms with Crippen LogP contribution in [0.4, 0.5) is 0 Å². The van der Waals surface area contributed by atoms with Crippen molar-refractivity contribution in [2.24, 2.45) is 0 Å². The van der Waals surface area contributed by atoms with Gasteiger partial charge in [-0.3, -0.25) is 0 Å². The number of nitrogens with zero attached hydrogens (tertiary/aromatic N) is 1. The van der Waals surface area contributed by atoms with Gasteiger partial charge >= 0.3 is 7.12 Å². The third-order valence-corrected chi connectivity index (χ3v) is 4.18. The van der Waals surface area contributed by atoms with E-state index in [4.69, 9.17) is 30.4 Å². The predicted octanol–water partition coefficient (Wildman–Crippen LogP) is 2.05. The lowest BCUT2D eigenvalue weighted by molar-refractivity contribution is 0.00578. The van der Waals surface area contributed by atoms with Crippen LogP contribution in [0.25, 0.3) is 0 Å². The second-order valence-corrected chi connectivity index (χ2v) is 6.06. The number of aromatic nitrogens is 1. The van der Waals surface area contributed by atoms with Crippen LogP contribution in [0, 0.1) is 0 Å². The zero-order valence-electron chi connectivity index (χ0n) is 12.6. The van der Waals surface area contributed by atoms with Crippen molar-refractivity contribution < 1.29 is 18.8 Å². The van der Waals surface area contributed by atoms with E-state index in [9.17, 15) is 0 Å². The lowest BCUT2D eigenvalue weighted by atomic mass is 9.78. The van der Waals surface area contributed by atoms with E-state index in [-0.39, 0.29) is 0 Å². The van der Waals surface area contributed by atoms with Gasteiger partial charge in [-0.25, -0.2) is 4.98 Å². The number of ether oxygens (including phenoxy) is 2. The molecule has 0 atom stereocenters. The van der Waals surface area contributed by atoms with E-state index in [2.05, 4.69) is 4.98 Å². The zero-order chi connectivity index (χ0) is 15.1. The molecule has 0 N–H and O–H groups in total. The molecule has 0 saturated carbocycles. The molecule has 0 bridgehead atoms. The molecule has 2 heterocycles. The lowest BCUT2D eigenvalue weighted by Gasteiger charge is -2.32. The summed E-state index contributed by atoms with van der Waals surface area (Å²) < 4.78 is 22.6. The summed E-state index contributed by atoms with van der Waals surface area (Å²) in [5.74, 6) is 0.778. The first-order valence-electron chi connectivity index (χ1n) is 6.35. The van der Waals surface area contributed by atoms with Gasteiger partial charge in [-0.2, -0.15) is 0 Å². The van der Waals surface area contributed by atoms with Gasteiger partial charge in [-0.15, -0.1) is 0 Å². The van der Waals surface area contributed by atoms with E-state index in [1.807, 2.05) is 27.7 Å². The molecule has 0 aliphatic carbocycles. The lowest BCUT2D eigenvalue weighted by Crippen LogP contribution is -2.41. The van der Waals surface area contributed by atoms with Gasteiger partial charge < -0.3 is 18.8 Å². The topological polar surface area (TPSA) is 49.8 Å². The second-order valence-electron chi connectivity index (χ2n) is 5.65. The van der Waals surface area contributed by atoms with Gasteiger partial charge in [-0.05, 0) is 27.7 Å². The minimum atomic E-state index is -0.626. The van der Waals surface area contributed by atoms with E-state index in [0.717, 1.165) is 0 Å². The summed E-state index contributed by atoms with van der Waals surface area (Å²) in [5.41, 5.74) is -0.315. The van der Waals surface area contributed by atoms with E-state index >= 15 is 0 Å². The van der Waals surface area contributed by atoms with Crippen LogP contribution in [0.5, 0.6) is 11.6 Å². The van der Waals surface area contributed by atoms with Crippen molar-refractivity contribution in [3.05, 3.63) is 11.2 Å². The van der Waals surface area contributed by atoms with Gasteiger partial charge in [0.2, 0.25) is 0 Å². The van der Waals surface area contributed by atoms with Crippen LogP contribution in [0.1, 0.15) is 27.7 Å². The highest BCUT2D eigenvalue weighted by molar-refractivity contribution is 6.66. The highest BCUT2D eigenvalue weighted by atomic mass is 35.5. The molecule has 1 aliphatic rings. The number of hydrogen-bond donors (Lipinski definition) is 0. The number of hydrogen-bond acceptors (Lipinski definition) is 5. The molecule has 1 fully saturated rings. The van der Waals surface area contributed by atoms with Gasteiger partial charge in [0.15, 0.2) is 5.75 Å². The summed E-state index contributed by atoms with van der Waals surface area (Å²) in [6, 6.07) is 0. The molecule has 1 aliphatic heterocycles. The fourth-order valence-corrected chi connectivity index (χ4v) is 2.21. The van der Waals surface area contributed by atoms with Crippen molar-refractivity contribution in [1.29, 1.82) is 0 Å². The van der Waals surface area contributed by atoms with Gasteiger partial charge in [0.25, 0.3) is 5.88 Å². The van der Waals surface area contributed by atoms with Crippen LogP contribution in [0.3, 0.4) is 0 Å². The number of rotatable bonds is 3. The second kappa shape index (κ2) is 5.09. The average molecular weight is 300 g/mol. The summed E-state index contributed by atoms with van der Waals surface area (Å²) in [6.07, 6.45) is 1.50. The summed E-state index contributed by atoms with van der Waals surface area (Å²) in [5, 5.41) is 0.418. The summed E-state index contributed by atoms with van der Waals surface area (Å²) in [7, 11) is 2.43. The van der Waals surface area contributed by atoms with E-state index in [1.165, 1.54) is 20.4 Å². The highest BCUT2D eigenvalue weighted by Crippen LogP contribution is 2.38. The van der Waals surface area contributed by atoms with Crippen LogP contribution in [0.15, 0.2) is 6.20 Å². The monoisotopic (exact) mass is 299 g/mol. The normalized spacial score (nSPS) is 20.1. The van der Waals surface area contributed by atoms with Gasteiger partial charge in [-0.1, -0.05) is 11.6 Å². The van der Waals surface area contributed by atoms with Crippen molar-refractivity contribution in [1.82, 2.24) is 4.98 Å². The van der Waals surface area contributed by atoms with Crippen molar-refractivity contribution >= 4 is 24.2 Å². The van der Waals surface area contributed by atoms with E-state index in [1.54, 1.807) is 0 Å². The number of pyridine rings is 1. The Labute approximate surface area is 124 Å². The molecular weight excluding hydrogens is 280 g/mol. The Bertz CT molecular complexity index is 505. The fraction of sp³-hybridized carbons (Fsp3) is 0.615. The van der Waals surface area contributed by atoms with E-state index < -0.39 is 18.3 Å². The van der Waals surface area contributed by atoms with Gasteiger partial charge in [0.1, 0.15) is 0 Å². The predicted molar refractivity (Wildman–Crippen MR) is 78.1 cm³/mol. The fourth-order valence-electron chi connectivity index (χ4n) is 1.99. The maximum Gasteiger partial charge on any atom is 0.500 e. The SMILES string of the molecule is COc1ncc(Cl)c(B2OC(C)(C)C(C)(C)O2)c1OC. The third-order valence-electron chi connectivity index (χ3n) is 3.88. The first-order chi connectivity index (χ1) is 9.23. The number of methoxy groups -OCH3 is 2. The molecule has 1 aromatic rings. The first-order valence-corrected chi connectivity index (χ1v) is 6.73. The third kappa shape index (κ3) is 2.36. The molecule has 0 aromatic carbocycles. The molecule has 0 spiro atoms. The van der Waals surface area contributed by atoms with Crippen molar-refractivity contribution in [2.45, 2.75) is 38.9 Å². The Morgan fingerprint density at radius 2 is 1.65 bits per heavy atom. The summed E-state index contributed by atoms with van der Waals surface area (Å²) >= 11 is 6.25. The smallest absolute Gasteiger partial charge is 0.492 e. The van der Waals surface area contributed by atoms with E-state index in [0.29, 0.717) is 22.1 Å². The van der Waals surface area contributed by atoms with Crippen LogP contribution in [-0.2, 0) is 9.31 Å². The molecule has 1 aromatic heterocycles. The van der Waals surface area contributed by atoms with Gasteiger partial charge in [0.05, 0.1) is 35.9 Å². The molecule has 20 heavy (non-hydrogen) atoms. The molecular formula is C13H19BClNO4. The molecule has 0 unspecified atom stereocenters. The minimum absolute atomic E-state index is 0.349. The molecule has 1 saturated heterocycles. The largest absolute Gasteiger partial charge is 0.500 e. The van der Waals surface area contributed by atoms with Crippen molar-refractivity contribution in [2.75, 3.05) is 14.2 Å². The highest BCUT2D eigenvalue weighted by Gasteiger charge is 2.53. The van der Waals surface area contributed by atoms with Crippen LogP contribution in [0.2, 0.25) is 5.02 Å². The van der Waals surface area contributed by atoms with Gasteiger partial charge in [0, 0.05) is 6.20 Å². The Balaban J connectivity index is 2.49. The van der Waals surface area contributed by atoms with Crippen LogP contribution >= 0.6 is 11.6 Å². The molecule has 0 amide bonds. The Morgan fingerprint density at radius 1 is 1.10 bits per heavy atom. The molecule has 110 valence electrons. The average Bonchev–Trinajstić information content (AvgIpc) is 2.57. The van der Waals surface area contributed by atoms with Crippen molar-refractivity contribution in [3.63, 3.8) is 0 Å². The Kier molecular flexibility index (Phi) is 3.93. The molecule has 5 nitrogen and oxygen atoms in total. The molecule has 0 radical (unpaired) electrons. The summed E-state index contributed by atoms with van der Waals surface area (Å²) in [4.78, 5) is 4.08. The van der Waals surface area contributed by atoms with Crippen LogP contribution in [-0.4, -0.2) is 37.5 Å². The molecule has 7 heteroatoms. The zero-order valence-corrected chi connectivity index (χ0v) is 13.4. The maximum atomic E-state index is 6.25. The maximum absolute atomic E-state index is 6.25. The molecule has 2 rings (SSSR count). The Hall–Kier alpha value is -0.975. The Morgan fingerprint density at radius 3 is 2.10 bits per heavy atom. The quantitative estimate of drug-likeness (QED) is 0.800. The van der Waals surface area contributed by atoms with Crippen molar-refractivity contribution in [3.8, 4) is 11.6 Å². The summed E-state index contributed by atoms with van der Waals surface area (Å²) in [6.45, 7) is 7.91. The van der Waals surface area contributed by atoms with Crippen LogP contribution < -0.4 is 14.9 Å².